The summed E-state index contributed by atoms with van der Waals surface area (Å²) in [7, 11) is 0. The molecule has 1 aliphatic carbocycles. The first-order valence-electron chi connectivity index (χ1n) is 13.3. The molecule has 2 aromatic rings. The molecule has 0 bridgehead atoms. The van der Waals surface area contributed by atoms with Gasteiger partial charge in [-0.1, -0.05) is 13.8 Å². The monoisotopic (exact) mass is 513 g/mol. The van der Waals surface area contributed by atoms with Crippen molar-refractivity contribution in [3.63, 3.8) is 0 Å². The van der Waals surface area contributed by atoms with E-state index in [0.29, 0.717) is 41.6 Å². The van der Waals surface area contributed by atoms with Gasteiger partial charge < -0.3 is 20.6 Å². The van der Waals surface area contributed by atoms with Crippen molar-refractivity contribution in [2.24, 2.45) is 11.8 Å². The van der Waals surface area contributed by atoms with Gasteiger partial charge in [0.15, 0.2) is 0 Å². The molecule has 8 heteroatoms. The number of hydrogen-bond donors (Lipinski definition) is 3. The fraction of sp³-hybridized carbons (Fsp3) is 0.517. The van der Waals surface area contributed by atoms with E-state index in [-0.39, 0.29) is 18.4 Å². The van der Waals surface area contributed by atoms with Crippen LogP contribution in [0.5, 0.6) is 0 Å². The average molecular weight is 514 g/mol. The van der Waals surface area contributed by atoms with Gasteiger partial charge in [0.1, 0.15) is 11.6 Å². The van der Waals surface area contributed by atoms with E-state index in [1.54, 1.807) is 23.1 Å². The summed E-state index contributed by atoms with van der Waals surface area (Å²) in [5, 5.41) is 17.5. The Bertz CT molecular complexity index is 1120. The highest BCUT2D eigenvalue weighted by atomic mass is 19.1. The van der Waals surface area contributed by atoms with Gasteiger partial charge in [0.25, 0.3) is 11.8 Å². The van der Waals surface area contributed by atoms with Gasteiger partial charge in [0.2, 0.25) is 0 Å². The molecule has 3 N–H and O–H groups in total. The van der Waals surface area contributed by atoms with Crippen LogP contribution < -0.4 is 10.6 Å². The molecule has 5 atom stereocenters. The summed E-state index contributed by atoms with van der Waals surface area (Å²) < 4.78 is 27.8. The number of hydrogen-bond acceptors (Lipinski definition) is 4. The number of fused-ring (bicyclic) bond motifs is 1. The number of piperidine rings is 1. The van der Waals surface area contributed by atoms with Crippen LogP contribution in [0.1, 0.15) is 65.0 Å². The first-order valence-corrected chi connectivity index (χ1v) is 13.3. The molecular formula is C29H37F2N3O3. The van der Waals surface area contributed by atoms with E-state index in [1.165, 1.54) is 12.1 Å². The van der Waals surface area contributed by atoms with Crippen LogP contribution in [0, 0.1) is 30.4 Å². The van der Waals surface area contributed by atoms with Gasteiger partial charge in [-0.15, -0.1) is 0 Å². The quantitative estimate of drug-likeness (QED) is 0.427. The number of aryl methyl sites for hydroxylation is 1. The molecule has 37 heavy (non-hydrogen) atoms. The Kier molecular flexibility index (Phi) is 8.60. The minimum Gasteiger partial charge on any atom is -0.389 e. The van der Waals surface area contributed by atoms with Gasteiger partial charge in [0.05, 0.1) is 12.1 Å². The van der Waals surface area contributed by atoms with Crippen LogP contribution in [0.2, 0.25) is 0 Å². The van der Waals surface area contributed by atoms with Gasteiger partial charge in [-0.2, -0.15) is 0 Å². The third-order valence-electron chi connectivity index (χ3n) is 7.39. The average Bonchev–Trinajstić information content (AvgIpc) is 3.50. The zero-order chi connectivity index (χ0) is 26.7. The zero-order valence-electron chi connectivity index (χ0n) is 21.8. The van der Waals surface area contributed by atoms with Crippen LogP contribution in [0.3, 0.4) is 0 Å². The molecule has 1 saturated heterocycles. The number of aliphatic hydroxyl groups is 1. The number of benzene rings is 2. The Hall–Kier alpha value is -2.84. The number of aliphatic hydroxyl groups excluding tert-OH is 1. The molecule has 2 fully saturated rings. The SMILES string of the molecule is CCCN(CCC)C(=O)c1cc(C)cc(C(=O)N[C@@H](Cc2cc(F)cc(F)c2)[C@H](O)[C@@H]2NCC3C[C@H]32)c1. The highest BCUT2D eigenvalue weighted by Gasteiger charge is 2.51. The highest BCUT2D eigenvalue weighted by molar-refractivity contribution is 6.00. The fourth-order valence-electron chi connectivity index (χ4n) is 5.58. The molecule has 0 radical (unpaired) electrons. The summed E-state index contributed by atoms with van der Waals surface area (Å²) in [6, 6.07) is 7.32. The lowest BCUT2D eigenvalue weighted by Gasteiger charge is -2.30. The number of amides is 2. The maximum Gasteiger partial charge on any atom is 0.253 e. The number of rotatable bonds is 11. The van der Waals surface area contributed by atoms with Gasteiger partial charge in [-0.05, 0) is 92.4 Å². The minimum atomic E-state index is -0.941. The number of nitrogens with one attached hydrogen (secondary N) is 2. The van der Waals surface area contributed by atoms with E-state index >= 15 is 0 Å². The Balaban J connectivity index is 1.57. The summed E-state index contributed by atoms with van der Waals surface area (Å²) in [6.07, 6.45) is 1.82. The van der Waals surface area contributed by atoms with Crippen molar-refractivity contribution in [2.45, 2.75) is 64.6 Å². The second-order valence-electron chi connectivity index (χ2n) is 10.5. The lowest BCUT2D eigenvalue weighted by Crippen LogP contribution is -2.53. The largest absolute Gasteiger partial charge is 0.389 e. The molecule has 200 valence electrons. The van der Waals surface area contributed by atoms with Crippen LogP contribution >= 0.6 is 0 Å². The summed E-state index contributed by atoms with van der Waals surface area (Å²) in [4.78, 5) is 28.4. The third kappa shape index (κ3) is 6.54. The third-order valence-corrected chi connectivity index (χ3v) is 7.39. The Morgan fingerprint density at radius 1 is 1.05 bits per heavy atom. The van der Waals surface area contributed by atoms with Crippen LogP contribution in [-0.2, 0) is 6.42 Å². The summed E-state index contributed by atoms with van der Waals surface area (Å²) in [5.41, 5.74) is 1.87. The predicted molar refractivity (Wildman–Crippen MR) is 138 cm³/mol. The summed E-state index contributed by atoms with van der Waals surface area (Å²) in [6.45, 7) is 7.95. The van der Waals surface area contributed by atoms with Gasteiger partial charge >= 0.3 is 0 Å². The maximum atomic E-state index is 13.9. The molecule has 1 unspecified atom stereocenters. The molecular weight excluding hydrogens is 476 g/mol. The minimum absolute atomic E-state index is 0.0650. The van der Waals surface area contributed by atoms with Crippen molar-refractivity contribution in [1.29, 1.82) is 0 Å². The summed E-state index contributed by atoms with van der Waals surface area (Å²) >= 11 is 0. The van der Waals surface area contributed by atoms with Gasteiger partial charge in [-0.25, -0.2) is 8.78 Å². The van der Waals surface area contributed by atoms with E-state index in [4.69, 9.17) is 0 Å². The predicted octanol–water partition coefficient (Wildman–Crippen LogP) is 3.85. The second kappa shape index (κ2) is 11.7. The lowest BCUT2D eigenvalue weighted by atomic mass is 9.93. The van der Waals surface area contributed by atoms with Crippen molar-refractivity contribution in [3.05, 3.63) is 70.3 Å². The van der Waals surface area contributed by atoms with E-state index < -0.39 is 29.7 Å². The van der Waals surface area contributed by atoms with Crippen LogP contribution in [0.15, 0.2) is 36.4 Å². The lowest BCUT2D eigenvalue weighted by molar-refractivity contribution is 0.0700. The van der Waals surface area contributed by atoms with Gasteiger partial charge in [-0.3, -0.25) is 9.59 Å². The number of carbonyl (C=O) groups is 2. The number of nitrogens with zero attached hydrogens (tertiary/aromatic N) is 1. The Labute approximate surface area is 217 Å². The molecule has 2 aromatic carbocycles. The van der Waals surface area contributed by atoms with Crippen molar-refractivity contribution >= 4 is 11.8 Å². The van der Waals surface area contributed by atoms with Crippen LogP contribution in [-0.4, -0.2) is 59.6 Å². The van der Waals surface area contributed by atoms with Gasteiger partial charge in [0, 0.05) is 36.3 Å². The molecule has 1 saturated carbocycles. The molecule has 2 aliphatic rings. The summed E-state index contributed by atoms with van der Waals surface area (Å²) in [5.74, 6) is -1.11. The van der Waals surface area contributed by atoms with E-state index in [1.807, 2.05) is 20.8 Å². The fourth-order valence-corrected chi connectivity index (χ4v) is 5.58. The molecule has 4 rings (SSSR count). The van der Waals surface area contributed by atoms with E-state index in [2.05, 4.69) is 10.6 Å². The van der Waals surface area contributed by atoms with Crippen LogP contribution in [0.4, 0.5) is 8.78 Å². The topological polar surface area (TPSA) is 81.7 Å². The first-order chi connectivity index (χ1) is 17.7. The Morgan fingerprint density at radius 2 is 1.70 bits per heavy atom. The van der Waals surface area contributed by atoms with Crippen molar-refractivity contribution in [1.82, 2.24) is 15.5 Å². The maximum absolute atomic E-state index is 13.9. The van der Waals surface area contributed by atoms with E-state index in [9.17, 15) is 23.5 Å². The normalized spacial score (nSPS) is 21.7. The number of halogens is 2. The van der Waals surface area contributed by atoms with Crippen molar-refractivity contribution in [2.75, 3.05) is 19.6 Å². The highest BCUT2D eigenvalue weighted by Crippen LogP contribution is 2.46. The van der Waals surface area contributed by atoms with Crippen molar-refractivity contribution < 1.29 is 23.5 Å². The molecule has 0 aromatic heterocycles. The molecule has 1 aliphatic heterocycles. The Morgan fingerprint density at radius 3 is 2.27 bits per heavy atom. The smallest absolute Gasteiger partial charge is 0.253 e. The molecule has 0 spiro atoms. The van der Waals surface area contributed by atoms with Crippen LogP contribution in [0.25, 0.3) is 0 Å². The van der Waals surface area contributed by atoms with Crippen molar-refractivity contribution in [3.8, 4) is 0 Å². The molecule has 6 nitrogen and oxygen atoms in total. The standard InChI is InChI=1S/C29H37F2N3O3/c1-4-6-34(7-5-2)29(37)20-9-17(3)8-19(13-20)28(36)33-25(12-18-10-22(30)15-23(31)11-18)27(35)26-24-14-21(24)16-32-26/h8-11,13,15,21,24-27,32,35H,4-7,12,14,16H2,1-3H3,(H,33,36)/t21?,24-,25+,26-,27+/m1/s1. The molecule has 2 amide bonds. The molecule has 1 heterocycles. The zero-order valence-corrected chi connectivity index (χ0v) is 21.8. The van der Waals surface area contributed by atoms with E-state index in [0.717, 1.165) is 37.4 Å². The number of carbonyl (C=O) groups excluding carboxylic acids is 2. The second-order valence-corrected chi connectivity index (χ2v) is 10.5. The first kappa shape index (κ1) is 27.2.